The summed E-state index contributed by atoms with van der Waals surface area (Å²) < 4.78 is 41.1. The maximum Gasteiger partial charge on any atom is 0.435 e. The minimum absolute atomic E-state index is 0.299. The Labute approximate surface area is 135 Å². The molecule has 0 amide bonds. The molecule has 0 bridgehead atoms. The third-order valence-electron chi connectivity index (χ3n) is 3.37. The molecule has 0 saturated heterocycles. The average molecular weight is 344 g/mol. The molecule has 3 heterocycles. The summed E-state index contributed by atoms with van der Waals surface area (Å²) in [6.07, 6.45) is 3.90. The van der Waals surface area contributed by atoms with Gasteiger partial charge in [-0.25, -0.2) is 4.68 Å². The van der Waals surface area contributed by atoms with Crippen molar-refractivity contribution in [1.82, 2.24) is 24.9 Å². The van der Waals surface area contributed by atoms with E-state index in [0.29, 0.717) is 12.2 Å². The van der Waals surface area contributed by atoms with Gasteiger partial charge in [-0.15, -0.1) is 0 Å². The third kappa shape index (κ3) is 3.12. The molecular weight excluding hydrogens is 331 g/mol. The van der Waals surface area contributed by atoms with E-state index in [1.807, 2.05) is 6.20 Å². The molecular formula is C14H13ClF3N5. The summed E-state index contributed by atoms with van der Waals surface area (Å²) >= 11 is 6.38. The van der Waals surface area contributed by atoms with Crippen LogP contribution >= 0.6 is 11.6 Å². The molecule has 1 atom stereocenters. The second-order valence-corrected chi connectivity index (χ2v) is 5.73. The molecule has 0 spiro atoms. The molecule has 9 heteroatoms. The first-order valence-corrected chi connectivity index (χ1v) is 7.12. The van der Waals surface area contributed by atoms with Crippen molar-refractivity contribution in [3.05, 3.63) is 59.8 Å². The first-order chi connectivity index (χ1) is 10.8. The van der Waals surface area contributed by atoms with E-state index in [0.717, 1.165) is 16.3 Å². The molecule has 1 unspecified atom stereocenters. The van der Waals surface area contributed by atoms with Gasteiger partial charge < -0.3 is 5.32 Å². The fourth-order valence-corrected chi connectivity index (χ4v) is 2.55. The monoisotopic (exact) mass is 343 g/mol. The highest BCUT2D eigenvalue weighted by Gasteiger charge is 2.38. The summed E-state index contributed by atoms with van der Waals surface area (Å²) in [7, 11) is 0. The largest absolute Gasteiger partial charge is 0.435 e. The van der Waals surface area contributed by atoms with E-state index in [4.69, 9.17) is 11.6 Å². The number of aromatic nitrogens is 4. The summed E-state index contributed by atoms with van der Waals surface area (Å²) in [5, 5.41) is 9.18. The summed E-state index contributed by atoms with van der Waals surface area (Å²) in [4.78, 5) is 0. The van der Waals surface area contributed by atoms with Gasteiger partial charge in [0.1, 0.15) is 0 Å². The normalized spacial score (nSPS) is 21.2. The number of alkyl halides is 4. The van der Waals surface area contributed by atoms with Crippen molar-refractivity contribution < 1.29 is 13.2 Å². The molecule has 2 aromatic rings. The van der Waals surface area contributed by atoms with Gasteiger partial charge in [0.15, 0.2) is 5.69 Å². The second kappa shape index (κ2) is 5.45. The molecule has 0 radical (unpaired) electrons. The SMILES string of the molecule is Cc1cc(C(F)(F)F)nn1C1(Cl)C=CC(Cn2cccn2)=CN1. The van der Waals surface area contributed by atoms with Crippen molar-refractivity contribution in [3.8, 4) is 0 Å². The highest BCUT2D eigenvalue weighted by Crippen LogP contribution is 2.32. The lowest BCUT2D eigenvalue weighted by Gasteiger charge is -2.29. The van der Waals surface area contributed by atoms with Crippen molar-refractivity contribution >= 4 is 11.6 Å². The van der Waals surface area contributed by atoms with E-state index >= 15 is 0 Å². The summed E-state index contributed by atoms with van der Waals surface area (Å²) in [5.41, 5.74) is 0.204. The van der Waals surface area contributed by atoms with Crippen LogP contribution in [-0.4, -0.2) is 19.6 Å². The van der Waals surface area contributed by atoms with Crippen LogP contribution in [0.1, 0.15) is 11.4 Å². The molecule has 23 heavy (non-hydrogen) atoms. The summed E-state index contributed by atoms with van der Waals surface area (Å²) in [6.45, 7) is 2.04. The van der Waals surface area contributed by atoms with Crippen molar-refractivity contribution in [2.24, 2.45) is 0 Å². The number of aryl methyl sites for hydroxylation is 1. The Bertz CT molecular complexity index is 760. The first kappa shape index (κ1) is 15.7. The number of allylic oxidation sites excluding steroid dienone is 2. The third-order valence-corrected chi connectivity index (χ3v) is 3.76. The number of nitrogens with one attached hydrogen (secondary N) is 1. The Balaban J connectivity index is 1.81. The molecule has 0 fully saturated rings. The lowest BCUT2D eigenvalue weighted by atomic mass is 10.2. The van der Waals surface area contributed by atoms with E-state index in [2.05, 4.69) is 15.5 Å². The highest BCUT2D eigenvalue weighted by molar-refractivity contribution is 6.23. The number of hydrogen-bond acceptors (Lipinski definition) is 3. The van der Waals surface area contributed by atoms with Gasteiger partial charge in [0.25, 0.3) is 0 Å². The maximum absolute atomic E-state index is 12.8. The van der Waals surface area contributed by atoms with Gasteiger partial charge in [0, 0.05) is 24.3 Å². The molecule has 2 aromatic heterocycles. The minimum atomic E-state index is -4.51. The topological polar surface area (TPSA) is 47.7 Å². The predicted octanol–water partition coefficient (Wildman–Crippen LogP) is 3.00. The molecule has 122 valence electrons. The number of hydrogen-bond donors (Lipinski definition) is 1. The molecule has 1 aliphatic rings. The van der Waals surface area contributed by atoms with Crippen LogP contribution in [-0.2, 0) is 17.8 Å². The summed E-state index contributed by atoms with van der Waals surface area (Å²) in [6, 6.07) is 2.76. The number of dihydropyridines is 1. The average Bonchev–Trinajstić information content (AvgIpc) is 3.10. The van der Waals surface area contributed by atoms with Crippen LogP contribution in [0.4, 0.5) is 13.2 Å². The van der Waals surface area contributed by atoms with Gasteiger partial charge >= 0.3 is 6.18 Å². The molecule has 1 aliphatic heterocycles. The Kier molecular flexibility index (Phi) is 3.71. The Morgan fingerprint density at radius 3 is 2.70 bits per heavy atom. The Morgan fingerprint density at radius 1 is 1.39 bits per heavy atom. The van der Waals surface area contributed by atoms with Gasteiger partial charge in [-0.1, -0.05) is 17.7 Å². The van der Waals surface area contributed by atoms with Crippen molar-refractivity contribution in [2.45, 2.75) is 24.8 Å². The van der Waals surface area contributed by atoms with E-state index in [1.54, 1.807) is 35.3 Å². The molecule has 0 aliphatic carbocycles. The molecule has 5 nitrogen and oxygen atoms in total. The second-order valence-electron chi connectivity index (χ2n) is 5.15. The van der Waals surface area contributed by atoms with Gasteiger partial charge in [0.2, 0.25) is 5.12 Å². The fraction of sp³-hybridized carbons (Fsp3) is 0.286. The quantitative estimate of drug-likeness (QED) is 0.688. The van der Waals surface area contributed by atoms with Gasteiger partial charge in [-0.05, 0) is 30.7 Å². The van der Waals surface area contributed by atoms with Crippen LogP contribution in [0.2, 0.25) is 0 Å². The minimum Gasteiger partial charge on any atom is -0.351 e. The van der Waals surface area contributed by atoms with Crippen molar-refractivity contribution in [3.63, 3.8) is 0 Å². The number of rotatable bonds is 3. The Morgan fingerprint density at radius 2 is 2.17 bits per heavy atom. The van der Waals surface area contributed by atoms with Crippen LogP contribution in [0, 0.1) is 6.92 Å². The molecule has 1 N–H and O–H groups in total. The van der Waals surface area contributed by atoms with Crippen LogP contribution in [0.3, 0.4) is 0 Å². The standard InChI is InChI=1S/C14H13ClF3N5/c1-10-7-12(14(16,17)18)21-23(10)13(15)4-3-11(8-19-13)9-22-6-2-5-20-22/h2-8,19H,9H2,1H3. The predicted molar refractivity (Wildman–Crippen MR) is 78.4 cm³/mol. The van der Waals surface area contributed by atoms with Crippen LogP contribution in [0.25, 0.3) is 0 Å². The highest BCUT2D eigenvalue weighted by atomic mass is 35.5. The van der Waals surface area contributed by atoms with E-state index in [1.165, 1.54) is 6.92 Å². The van der Waals surface area contributed by atoms with Crippen LogP contribution in [0.15, 0.2) is 48.5 Å². The van der Waals surface area contributed by atoms with Gasteiger partial charge in [-0.3, -0.25) is 4.68 Å². The fourth-order valence-electron chi connectivity index (χ4n) is 2.26. The van der Waals surface area contributed by atoms with E-state index in [-0.39, 0.29) is 0 Å². The number of halogens is 4. The zero-order chi connectivity index (χ0) is 16.7. The first-order valence-electron chi connectivity index (χ1n) is 6.74. The molecule has 3 rings (SSSR count). The van der Waals surface area contributed by atoms with Crippen LogP contribution < -0.4 is 5.32 Å². The molecule has 0 aromatic carbocycles. The maximum atomic E-state index is 12.8. The zero-order valence-corrected chi connectivity index (χ0v) is 12.8. The van der Waals surface area contributed by atoms with Crippen molar-refractivity contribution in [2.75, 3.05) is 0 Å². The van der Waals surface area contributed by atoms with Gasteiger partial charge in [-0.2, -0.15) is 23.4 Å². The van der Waals surface area contributed by atoms with Crippen LogP contribution in [0.5, 0.6) is 0 Å². The lowest BCUT2D eigenvalue weighted by molar-refractivity contribution is -0.141. The van der Waals surface area contributed by atoms with E-state index < -0.39 is 17.0 Å². The lowest BCUT2D eigenvalue weighted by Crippen LogP contribution is -2.41. The van der Waals surface area contributed by atoms with Crippen molar-refractivity contribution in [1.29, 1.82) is 0 Å². The zero-order valence-electron chi connectivity index (χ0n) is 12.0. The molecule has 0 saturated carbocycles. The smallest absolute Gasteiger partial charge is 0.351 e. The van der Waals surface area contributed by atoms with E-state index in [9.17, 15) is 13.2 Å². The number of nitrogens with zero attached hydrogens (tertiary/aromatic N) is 4. The Hall–Kier alpha value is -2.22. The van der Waals surface area contributed by atoms with Gasteiger partial charge in [0.05, 0.1) is 6.54 Å². The summed E-state index contributed by atoms with van der Waals surface area (Å²) in [5.74, 6) is 0.